The van der Waals surface area contributed by atoms with Gasteiger partial charge >= 0.3 is 11.9 Å². The van der Waals surface area contributed by atoms with Gasteiger partial charge in [-0.3, -0.25) is 9.59 Å². The van der Waals surface area contributed by atoms with Gasteiger partial charge in [0.15, 0.2) is 6.10 Å². The average molecular weight is 730 g/mol. The molecule has 0 heterocycles. The Morgan fingerprint density at radius 1 is 0.577 bits per heavy atom. The summed E-state index contributed by atoms with van der Waals surface area (Å²) < 4.78 is 17.0. The summed E-state index contributed by atoms with van der Waals surface area (Å²) in [7, 11) is 5.37. The monoisotopic (exact) mass is 730 g/mol. The van der Waals surface area contributed by atoms with Crippen LogP contribution in [0.15, 0.2) is 60.8 Å². The minimum Gasteiger partial charge on any atom is -0.544 e. The average Bonchev–Trinajstić information content (AvgIpc) is 3.09. The van der Waals surface area contributed by atoms with Crippen molar-refractivity contribution in [1.82, 2.24) is 0 Å². The number of unbranched alkanes of at least 4 members (excludes halogenated alkanes) is 11. The van der Waals surface area contributed by atoms with Crippen LogP contribution in [0.3, 0.4) is 0 Å². The normalized spacial score (nSPS) is 13.6. The van der Waals surface area contributed by atoms with E-state index in [0.29, 0.717) is 12.8 Å². The maximum absolute atomic E-state index is 12.6. The molecule has 0 spiro atoms. The third-order valence-corrected chi connectivity index (χ3v) is 8.64. The van der Waals surface area contributed by atoms with Gasteiger partial charge in [0.1, 0.15) is 12.6 Å². The second kappa shape index (κ2) is 35.1. The third-order valence-electron chi connectivity index (χ3n) is 8.64. The van der Waals surface area contributed by atoms with E-state index < -0.39 is 18.1 Å². The summed E-state index contributed by atoms with van der Waals surface area (Å²) >= 11 is 0. The van der Waals surface area contributed by atoms with Crippen molar-refractivity contribution in [3.63, 3.8) is 0 Å². The lowest BCUT2D eigenvalue weighted by Crippen LogP contribution is -2.55. The Bertz CT molecular complexity index is 1040. The highest BCUT2D eigenvalue weighted by molar-refractivity contribution is 5.70. The van der Waals surface area contributed by atoms with Crippen LogP contribution in [0.25, 0.3) is 0 Å². The van der Waals surface area contributed by atoms with E-state index in [4.69, 9.17) is 14.2 Å². The first-order chi connectivity index (χ1) is 25.1. The number of quaternary nitrogens is 1. The number of likely N-dealkylation sites (N-methyl/N-ethyl adjacent to an activating group) is 1. The zero-order valence-electron chi connectivity index (χ0n) is 33.7. The maximum atomic E-state index is 12.6. The predicted octanol–water partition coefficient (Wildman–Crippen LogP) is 9.30. The molecule has 0 aromatic heterocycles. The van der Waals surface area contributed by atoms with E-state index in [1.165, 1.54) is 38.5 Å². The molecule has 0 rings (SSSR count). The highest BCUT2D eigenvalue weighted by Crippen LogP contribution is 2.11. The van der Waals surface area contributed by atoms with Crippen molar-refractivity contribution in [2.24, 2.45) is 0 Å². The summed E-state index contributed by atoms with van der Waals surface area (Å²) in [5.41, 5.74) is 0. The fourth-order valence-corrected chi connectivity index (χ4v) is 5.42. The van der Waals surface area contributed by atoms with Gasteiger partial charge in [0.25, 0.3) is 0 Å². The number of hydrogen-bond acceptors (Lipinski definition) is 7. The molecule has 0 aliphatic carbocycles. The van der Waals surface area contributed by atoms with Crippen LogP contribution in [0, 0.1) is 0 Å². The highest BCUT2D eigenvalue weighted by atomic mass is 16.6. The van der Waals surface area contributed by atoms with Crippen molar-refractivity contribution in [1.29, 1.82) is 0 Å². The Morgan fingerprint density at radius 3 is 1.60 bits per heavy atom. The minimum absolute atomic E-state index is 0.0186. The van der Waals surface area contributed by atoms with Crippen molar-refractivity contribution in [3.8, 4) is 0 Å². The lowest BCUT2D eigenvalue weighted by atomic mass is 10.1. The van der Waals surface area contributed by atoms with Gasteiger partial charge in [0.2, 0.25) is 0 Å². The van der Waals surface area contributed by atoms with Crippen LogP contribution in [-0.4, -0.2) is 75.5 Å². The van der Waals surface area contributed by atoms with Crippen LogP contribution >= 0.6 is 0 Å². The van der Waals surface area contributed by atoms with E-state index in [0.717, 1.165) is 70.6 Å². The number of esters is 2. The molecule has 8 heteroatoms. The molecule has 0 amide bonds. The highest BCUT2D eigenvalue weighted by Gasteiger charge is 2.25. The molecule has 0 fully saturated rings. The van der Waals surface area contributed by atoms with Gasteiger partial charge in [-0.05, 0) is 70.6 Å². The number of carbonyl (C=O) groups excluding carboxylic acids is 3. The van der Waals surface area contributed by atoms with Gasteiger partial charge in [-0.15, -0.1) is 0 Å². The quantitative estimate of drug-likeness (QED) is 0.0277. The molecular formula is C44H75NO7. The summed E-state index contributed by atoms with van der Waals surface area (Å²) in [6.45, 7) is 4.48. The summed E-state index contributed by atoms with van der Waals surface area (Å²) in [6, 6.07) is -0.734. The predicted molar refractivity (Wildman–Crippen MR) is 212 cm³/mol. The van der Waals surface area contributed by atoms with E-state index in [1.54, 1.807) is 21.1 Å². The Kier molecular flexibility index (Phi) is 33.1. The number of rotatable bonds is 35. The molecule has 0 bridgehead atoms. The largest absolute Gasteiger partial charge is 0.544 e. The van der Waals surface area contributed by atoms with Crippen molar-refractivity contribution in [3.05, 3.63) is 60.8 Å². The van der Waals surface area contributed by atoms with Crippen LogP contribution in [0.1, 0.15) is 149 Å². The van der Waals surface area contributed by atoms with Gasteiger partial charge in [-0.25, -0.2) is 0 Å². The van der Waals surface area contributed by atoms with Gasteiger partial charge in [-0.1, -0.05) is 120 Å². The molecule has 298 valence electrons. The second-order valence-electron chi connectivity index (χ2n) is 14.5. The molecule has 0 aliphatic rings. The molecule has 8 nitrogen and oxygen atoms in total. The lowest BCUT2D eigenvalue weighted by Gasteiger charge is -2.34. The van der Waals surface area contributed by atoms with Gasteiger partial charge in [0.05, 0.1) is 40.3 Å². The number of aliphatic carboxylic acids is 1. The number of nitrogens with zero attached hydrogens (tertiary/aromatic N) is 1. The topological polar surface area (TPSA) is 102 Å². The zero-order valence-corrected chi connectivity index (χ0v) is 33.7. The molecule has 0 saturated carbocycles. The number of ether oxygens (including phenoxy) is 3. The summed E-state index contributed by atoms with van der Waals surface area (Å²) in [5.74, 6) is -1.84. The Hall–Kier alpha value is -2.97. The van der Waals surface area contributed by atoms with Crippen LogP contribution in [0.2, 0.25) is 0 Å². The second-order valence-corrected chi connectivity index (χ2v) is 14.5. The van der Waals surface area contributed by atoms with Gasteiger partial charge in [-0.2, -0.15) is 0 Å². The number of carboxylic acids is 1. The zero-order chi connectivity index (χ0) is 38.5. The molecule has 2 atom stereocenters. The number of carboxylic acid groups (broad SMARTS) is 1. The third kappa shape index (κ3) is 32.9. The summed E-state index contributed by atoms with van der Waals surface area (Å²) in [6.07, 6.45) is 41.3. The fraction of sp³-hybridized carbons (Fsp3) is 0.705. The van der Waals surface area contributed by atoms with Crippen molar-refractivity contribution < 1.29 is 38.2 Å². The molecule has 0 aliphatic heterocycles. The molecule has 0 aromatic rings. The summed E-state index contributed by atoms with van der Waals surface area (Å²) in [5, 5.41) is 11.6. The first kappa shape index (κ1) is 49.0. The van der Waals surface area contributed by atoms with Gasteiger partial charge in [0, 0.05) is 19.3 Å². The molecule has 0 aromatic carbocycles. The lowest BCUT2D eigenvalue weighted by molar-refractivity contribution is -0.889. The van der Waals surface area contributed by atoms with Crippen LogP contribution in [-0.2, 0) is 28.6 Å². The van der Waals surface area contributed by atoms with E-state index in [1.807, 2.05) is 6.08 Å². The van der Waals surface area contributed by atoms with E-state index >= 15 is 0 Å². The number of allylic oxidation sites excluding steroid dienone is 10. The smallest absolute Gasteiger partial charge is 0.306 e. The molecule has 2 unspecified atom stereocenters. The molecule has 52 heavy (non-hydrogen) atoms. The van der Waals surface area contributed by atoms with E-state index in [9.17, 15) is 19.5 Å². The molecular weight excluding hydrogens is 654 g/mol. The molecule has 0 N–H and O–H groups in total. The van der Waals surface area contributed by atoms with Crippen molar-refractivity contribution >= 4 is 17.9 Å². The van der Waals surface area contributed by atoms with Crippen LogP contribution < -0.4 is 5.11 Å². The van der Waals surface area contributed by atoms with Crippen molar-refractivity contribution in [2.45, 2.75) is 161 Å². The van der Waals surface area contributed by atoms with Crippen molar-refractivity contribution in [2.75, 3.05) is 41.0 Å². The Balaban J connectivity index is 4.35. The fourth-order valence-electron chi connectivity index (χ4n) is 5.42. The Morgan fingerprint density at radius 2 is 1.06 bits per heavy atom. The number of hydrogen-bond donors (Lipinski definition) is 0. The van der Waals surface area contributed by atoms with E-state index in [-0.39, 0.29) is 49.1 Å². The van der Waals surface area contributed by atoms with Crippen LogP contribution in [0.4, 0.5) is 0 Å². The Labute approximate surface area is 318 Å². The summed E-state index contributed by atoms with van der Waals surface area (Å²) in [4.78, 5) is 36.5. The van der Waals surface area contributed by atoms with E-state index in [2.05, 4.69) is 68.5 Å². The first-order valence-corrected chi connectivity index (χ1v) is 20.3. The standard InChI is InChI=1S/C44H75NO7/c1-6-8-10-12-14-15-16-17-18-19-20-21-22-23-24-25-26-27-29-31-33-35-43(47)52-40(38-50-37-36-41(44(48)49)45(3,4)5)39-51-42(46)34-32-30-28-13-11-9-7-2/h14-15,17-18,20-21,23-24,28,30,40-41H,6-13,16,19,22,25-27,29,31-39H2,1-5H3/b15-14+,18-17+,21-20+,24-23+,30-28+. The van der Waals surface area contributed by atoms with Crippen LogP contribution in [0.5, 0.6) is 0 Å². The maximum Gasteiger partial charge on any atom is 0.306 e. The molecule has 0 radical (unpaired) electrons. The first-order valence-electron chi connectivity index (χ1n) is 20.3. The van der Waals surface area contributed by atoms with Gasteiger partial charge < -0.3 is 28.6 Å². The number of carbonyl (C=O) groups is 3. The minimum atomic E-state index is -1.14. The SMILES string of the molecule is CCCCC/C=C/C/C=C/C/C=C/C/C=C/CCCCCCCC(=O)OC(COCCC(C(=O)[O-])[N+](C)(C)C)COC(=O)CC/C=C/CCCCC. The molecule has 0 saturated heterocycles.